The Hall–Kier alpha value is -1.88. The summed E-state index contributed by atoms with van der Waals surface area (Å²) in [5, 5.41) is 15.5. The lowest BCUT2D eigenvalue weighted by Crippen LogP contribution is -2.47. The fourth-order valence-corrected chi connectivity index (χ4v) is 11.5. The zero-order valence-corrected chi connectivity index (χ0v) is 28.9. The van der Waals surface area contributed by atoms with Crippen molar-refractivity contribution in [1.29, 1.82) is 0 Å². The number of piperidine rings is 2. The van der Waals surface area contributed by atoms with E-state index in [-0.39, 0.29) is 36.0 Å². The maximum absolute atomic E-state index is 12.6. The number of nitrogens with one attached hydrogen (secondary N) is 1. The van der Waals surface area contributed by atoms with Gasteiger partial charge in [-0.3, -0.25) is 9.59 Å². The summed E-state index contributed by atoms with van der Waals surface area (Å²) in [6.07, 6.45) is 12.4. The van der Waals surface area contributed by atoms with Crippen molar-refractivity contribution in [1.82, 2.24) is 13.9 Å². The lowest BCUT2D eigenvalue weighted by atomic mass is 9.98. The van der Waals surface area contributed by atoms with Crippen molar-refractivity contribution >= 4 is 54.6 Å². The van der Waals surface area contributed by atoms with E-state index in [1.165, 1.54) is 58.5 Å². The van der Waals surface area contributed by atoms with Gasteiger partial charge in [0, 0.05) is 38.3 Å². The summed E-state index contributed by atoms with van der Waals surface area (Å²) in [6, 6.07) is 7.43. The van der Waals surface area contributed by atoms with Crippen LogP contribution >= 0.6 is 22.7 Å². The van der Waals surface area contributed by atoms with Gasteiger partial charge in [0.05, 0.1) is 11.8 Å². The van der Waals surface area contributed by atoms with Crippen molar-refractivity contribution in [2.24, 2.45) is 17.6 Å². The van der Waals surface area contributed by atoms with Crippen LogP contribution in [0.1, 0.15) is 84.5 Å². The summed E-state index contributed by atoms with van der Waals surface area (Å²) >= 11 is 2.39. The Labute approximate surface area is 282 Å². The highest BCUT2D eigenvalue weighted by molar-refractivity contribution is 7.91. The lowest BCUT2D eigenvalue weighted by Gasteiger charge is -2.31. The number of carbonyl (C=O) groups excluding carboxylic acids is 1. The molecule has 2 aliphatic heterocycles. The number of hydrogen-bond acceptors (Lipinski definition) is 9. The van der Waals surface area contributed by atoms with Gasteiger partial charge in [0.2, 0.25) is 5.91 Å². The van der Waals surface area contributed by atoms with Crippen molar-refractivity contribution in [3.63, 3.8) is 0 Å². The first kappa shape index (κ1) is 38.6. The highest BCUT2D eigenvalue weighted by Crippen LogP contribution is 2.28. The Kier molecular flexibility index (Phi) is 15.1. The number of nitrogens with two attached hydrogens (primary N) is 1. The quantitative estimate of drug-likeness (QED) is 0.361. The highest BCUT2D eigenvalue weighted by Gasteiger charge is 2.35. The van der Waals surface area contributed by atoms with Crippen LogP contribution in [0.2, 0.25) is 0 Å². The second-order valence-electron chi connectivity index (χ2n) is 12.1. The predicted octanol–water partition coefficient (Wildman–Crippen LogP) is 4.96. The van der Waals surface area contributed by atoms with Gasteiger partial charge in [-0.15, -0.1) is 22.7 Å². The monoisotopic (exact) mass is 718 g/mol. The second-order valence-corrected chi connectivity index (χ2v) is 18.4. The van der Waals surface area contributed by atoms with E-state index in [1.807, 2.05) is 0 Å². The van der Waals surface area contributed by atoms with Gasteiger partial charge in [0.1, 0.15) is 8.42 Å². The minimum Gasteiger partial charge on any atom is -0.481 e. The maximum atomic E-state index is 12.6. The summed E-state index contributed by atoms with van der Waals surface area (Å²) < 4.78 is 52.8. The van der Waals surface area contributed by atoms with Crippen molar-refractivity contribution in [2.75, 3.05) is 26.2 Å². The maximum Gasteiger partial charge on any atom is 0.307 e. The Morgan fingerprint density at radius 3 is 1.61 bits per heavy atom. The van der Waals surface area contributed by atoms with Crippen molar-refractivity contribution in [2.45, 2.75) is 105 Å². The molecule has 4 N–H and O–H groups in total. The topological polar surface area (TPSA) is 167 Å². The molecule has 4 aliphatic rings. The number of rotatable bonds is 7. The minimum absolute atomic E-state index is 0. The molecule has 2 aromatic heterocycles. The highest BCUT2D eigenvalue weighted by atomic mass is 32.3. The zero-order chi connectivity index (χ0) is 32.5. The Morgan fingerprint density at radius 1 is 0.739 bits per heavy atom. The first-order valence-electron chi connectivity index (χ1n) is 15.8. The molecule has 0 unspecified atom stereocenters. The van der Waals surface area contributed by atoms with Crippen LogP contribution in [0, 0.1) is 11.8 Å². The van der Waals surface area contributed by atoms with E-state index in [0.717, 1.165) is 37.0 Å². The molecule has 0 bridgehead atoms. The minimum atomic E-state index is -3.50. The Morgan fingerprint density at radius 2 is 1.20 bits per heavy atom. The predicted molar refractivity (Wildman–Crippen MR) is 183 cm³/mol. The smallest absolute Gasteiger partial charge is 0.307 e. The summed E-state index contributed by atoms with van der Waals surface area (Å²) in [4.78, 5) is 23.3. The van der Waals surface area contributed by atoms with E-state index >= 15 is 0 Å². The molecule has 2 aromatic rings. The summed E-state index contributed by atoms with van der Waals surface area (Å²) in [7, 11) is -6.94. The van der Waals surface area contributed by atoms with Crippen LogP contribution in [0.15, 0.2) is 43.4 Å². The van der Waals surface area contributed by atoms with Crippen LogP contribution in [-0.4, -0.2) is 80.7 Å². The third-order valence-electron chi connectivity index (χ3n) is 8.77. The molecule has 4 heterocycles. The first-order chi connectivity index (χ1) is 21.5. The number of hydrogen-bond donors (Lipinski definition) is 3. The van der Waals surface area contributed by atoms with Crippen LogP contribution in [-0.2, 0) is 29.6 Å². The van der Waals surface area contributed by atoms with E-state index in [0.29, 0.717) is 42.7 Å². The van der Waals surface area contributed by atoms with E-state index < -0.39 is 31.9 Å². The molecule has 2 aliphatic carbocycles. The normalized spacial score (nSPS) is 23.3. The molecule has 2 saturated heterocycles. The van der Waals surface area contributed by atoms with Crippen LogP contribution in [0.25, 0.3) is 0 Å². The van der Waals surface area contributed by atoms with Crippen molar-refractivity contribution in [3.05, 3.63) is 35.0 Å². The van der Waals surface area contributed by atoms with Crippen LogP contribution < -0.4 is 11.1 Å². The molecule has 0 radical (unpaired) electrons. The number of carboxylic acid groups (broad SMARTS) is 1. The Balaban J connectivity index is 0.000000212. The second kappa shape index (κ2) is 18.0. The SMILES string of the molecule is C.NC1CCCC1.O=C(NC1CCCC1)[C@@H]1CCCN(S(=O)(=O)c2cccs2)C1.O=C(O)[C@@H]1CCCN(S(=O)(=O)c2cccs2)C1. The van der Waals surface area contributed by atoms with Gasteiger partial charge in [-0.1, -0.05) is 45.2 Å². The van der Waals surface area contributed by atoms with Crippen LogP contribution in [0.3, 0.4) is 0 Å². The van der Waals surface area contributed by atoms with E-state index in [2.05, 4.69) is 5.32 Å². The number of thiophene rings is 2. The Bertz CT molecular complexity index is 1420. The average molecular weight is 719 g/mol. The molecule has 0 aromatic carbocycles. The fraction of sp³-hybridized carbons (Fsp3) is 0.677. The van der Waals surface area contributed by atoms with Crippen molar-refractivity contribution < 1.29 is 31.5 Å². The third-order valence-corrected chi connectivity index (χ3v) is 15.2. The fourth-order valence-electron chi connectivity index (χ4n) is 6.16. The largest absolute Gasteiger partial charge is 0.481 e. The van der Waals surface area contributed by atoms with Gasteiger partial charge < -0.3 is 16.2 Å². The van der Waals surface area contributed by atoms with Gasteiger partial charge in [0.15, 0.2) is 0 Å². The third kappa shape index (κ3) is 10.6. The summed E-state index contributed by atoms with van der Waals surface area (Å²) in [5.74, 6) is -1.70. The first-order valence-corrected chi connectivity index (χ1v) is 20.5. The van der Waals surface area contributed by atoms with Gasteiger partial charge in [-0.05, 0) is 74.3 Å². The van der Waals surface area contributed by atoms with E-state index in [9.17, 15) is 26.4 Å². The summed E-state index contributed by atoms with van der Waals surface area (Å²) in [5.41, 5.74) is 5.53. The number of sulfonamides is 2. The molecule has 1 amide bonds. The molecule has 2 saturated carbocycles. The molecule has 4 fully saturated rings. The van der Waals surface area contributed by atoms with Crippen molar-refractivity contribution in [3.8, 4) is 0 Å². The molecular formula is C31H50N4O7S4. The molecule has 0 spiro atoms. The molecular weight excluding hydrogens is 669 g/mol. The van der Waals surface area contributed by atoms with E-state index in [1.54, 1.807) is 35.0 Å². The molecule has 46 heavy (non-hydrogen) atoms. The standard InChI is InChI=1S/C15H22N2O3S2.C10H13NO4S2.C5H11N.CH4/c18-15(16-13-6-1-2-7-13)12-5-3-9-17(11-12)22(19,20)14-8-4-10-21-14;12-10(13)8-3-1-5-11(7-8)17(14,15)9-4-2-6-16-9;6-5-3-1-2-4-5;/h4,8,10,12-13H,1-3,5-7,9,11H2,(H,16,18);2,4,6,8H,1,3,5,7H2,(H,12,13);5H,1-4,6H2;1H4/t12-;8-;;/m11../s1. The molecule has 11 nitrogen and oxygen atoms in total. The number of aliphatic carboxylic acids is 1. The molecule has 260 valence electrons. The zero-order valence-electron chi connectivity index (χ0n) is 25.6. The van der Waals surface area contributed by atoms with Gasteiger partial charge in [-0.2, -0.15) is 8.61 Å². The lowest BCUT2D eigenvalue weighted by molar-refractivity contribution is -0.142. The van der Waals surface area contributed by atoms with E-state index in [4.69, 9.17) is 10.8 Å². The van der Waals surface area contributed by atoms with Crippen LogP contribution in [0.4, 0.5) is 0 Å². The molecule has 2 atom stereocenters. The number of carboxylic acids is 1. The summed E-state index contributed by atoms with van der Waals surface area (Å²) in [6.45, 7) is 1.30. The molecule has 15 heteroatoms. The number of carbonyl (C=O) groups is 2. The van der Waals surface area contributed by atoms with Crippen LogP contribution in [0.5, 0.6) is 0 Å². The average Bonchev–Trinajstić information content (AvgIpc) is 3.87. The number of amides is 1. The van der Waals surface area contributed by atoms with Gasteiger partial charge in [0.25, 0.3) is 20.0 Å². The van der Waals surface area contributed by atoms with Gasteiger partial charge in [-0.25, -0.2) is 16.8 Å². The molecule has 6 rings (SSSR count). The number of nitrogens with zero attached hydrogens (tertiary/aromatic N) is 2. The van der Waals surface area contributed by atoms with Gasteiger partial charge >= 0.3 is 5.97 Å².